The van der Waals surface area contributed by atoms with Crippen LogP contribution in [0.2, 0.25) is 0 Å². The van der Waals surface area contributed by atoms with E-state index in [4.69, 9.17) is 5.26 Å². The third-order valence-electron chi connectivity index (χ3n) is 0.903. The van der Waals surface area contributed by atoms with Gasteiger partial charge in [0.05, 0.1) is 11.6 Å². The van der Waals surface area contributed by atoms with E-state index in [1.807, 2.05) is 24.3 Å². The van der Waals surface area contributed by atoms with E-state index < -0.39 is 0 Å². The largest absolute Gasteiger partial charge is 1.00 e. The average Bonchev–Trinajstić information content (AvgIpc) is 1.90. The quantitative estimate of drug-likeness (QED) is 0.410. The van der Waals surface area contributed by atoms with Gasteiger partial charge in [0.1, 0.15) is 0 Å². The summed E-state index contributed by atoms with van der Waals surface area (Å²) in [5.41, 5.74) is 0.715. The third-order valence-corrected chi connectivity index (χ3v) is 0.903. The summed E-state index contributed by atoms with van der Waals surface area (Å²) in [6, 6.07) is 11.2. The molecule has 1 aromatic rings. The van der Waals surface area contributed by atoms with Crippen LogP contribution in [0.4, 0.5) is 0 Å². The molecule has 0 heterocycles. The molecule has 0 atom stereocenters. The first-order valence-electron chi connectivity index (χ1n) is 2.38. The molecule has 0 spiro atoms. The van der Waals surface area contributed by atoms with Crippen molar-refractivity contribution in [3.63, 3.8) is 0 Å². The minimum atomic E-state index is 0. The van der Waals surface area contributed by atoms with E-state index in [2.05, 4.69) is 0 Å². The van der Waals surface area contributed by atoms with Crippen molar-refractivity contribution in [2.45, 2.75) is 0 Å². The Morgan fingerprint density at radius 2 is 1.60 bits per heavy atom. The molecular weight excluding hydrogens is 137 g/mol. The summed E-state index contributed by atoms with van der Waals surface area (Å²) in [5.74, 6) is 0. The van der Waals surface area contributed by atoms with Crippen LogP contribution >= 0.6 is 0 Å². The second-order valence-corrected chi connectivity index (χ2v) is 1.48. The summed E-state index contributed by atoms with van der Waals surface area (Å²) in [5, 5.41) is 8.29. The van der Waals surface area contributed by atoms with Gasteiger partial charge in [0.25, 0.3) is 0 Å². The van der Waals surface area contributed by atoms with E-state index in [1.54, 1.807) is 12.1 Å². The molecule has 1 N–H and O–H groups in total. The van der Waals surface area contributed by atoms with Crippen LogP contribution in [0, 0.1) is 11.3 Å². The standard InChI is InChI=1S/C7H5N.Na.H2O/c8-6-7-4-2-1-3-5-7;;/h1-5H;;1H2/q;+1;/p-1. The smallest absolute Gasteiger partial charge is 0.870 e. The fourth-order valence-corrected chi connectivity index (χ4v) is 0.513. The summed E-state index contributed by atoms with van der Waals surface area (Å²) in [6.45, 7) is 0. The second kappa shape index (κ2) is 6.79. The molecule has 1 aromatic carbocycles. The fraction of sp³-hybridized carbons (Fsp3) is 0. The Hall–Kier alpha value is -0.330. The van der Waals surface area contributed by atoms with Crippen LogP contribution in [0.3, 0.4) is 0 Å². The van der Waals surface area contributed by atoms with Crippen LogP contribution in [0.1, 0.15) is 5.56 Å². The molecular formula is C7H6NNaO. The minimum absolute atomic E-state index is 0. The van der Waals surface area contributed by atoms with Crippen LogP contribution in [-0.2, 0) is 0 Å². The molecule has 0 radical (unpaired) electrons. The monoisotopic (exact) mass is 143 g/mol. The molecule has 0 saturated heterocycles. The predicted molar refractivity (Wildman–Crippen MR) is 33.1 cm³/mol. The van der Waals surface area contributed by atoms with E-state index >= 15 is 0 Å². The molecule has 0 fully saturated rings. The number of nitriles is 1. The number of rotatable bonds is 0. The van der Waals surface area contributed by atoms with E-state index in [0.29, 0.717) is 5.56 Å². The van der Waals surface area contributed by atoms with E-state index in [0.717, 1.165) is 0 Å². The van der Waals surface area contributed by atoms with Crippen molar-refractivity contribution in [3.05, 3.63) is 35.9 Å². The van der Waals surface area contributed by atoms with Gasteiger partial charge in [-0.05, 0) is 12.1 Å². The Kier molecular flexibility index (Phi) is 8.38. The Balaban J connectivity index is 0. The van der Waals surface area contributed by atoms with Crippen LogP contribution in [0.5, 0.6) is 0 Å². The molecule has 0 aromatic heterocycles. The van der Waals surface area contributed by atoms with E-state index in [1.165, 1.54) is 0 Å². The molecule has 0 bridgehead atoms. The molecule has 1 rings (SSSR count). The molecule has 3 heteroatoms. The third kappa shape index (κ3) is 3.65. The van der Waals surface area contributed by atoms with Gasteiger partial charge in [-0.1, -0.05) is 18.2 Å². The Bertz CT molecular complexity index is 205. The van der Waals surface area contributed by atoms with Gasteiger partial charge >= 0.3 is 29.6 Å². The molecule has 10 heavy (non-hydrogen) atoms. The Morgan fingerprint density at radius 3 is 1.90 bits per heavy atom. The van der Waals surface area contributed by atoms with Crippen LogP contribution in [0.25, 0.3) is 0 Å². The van der Waals surface area contributed by atoms with Crippen molar-refractivity contribution in [1.82, 2.24) is 0 Å². The van der Waals surface area contributed by atoms with Gasteiger partial charge in [0.15, 0.2) is 0 Å². The summed E-state index contributed by atoms with van der Waals surface area (Å²) in [6.07, 6.45) is 0. The molecule has 0 aliphatic rings. The zero-order valence-electron chi connectivity index (χ0n) is 5.78. The number of nitrogens with zero attached hydrogens (tertiary/aromatic N) is 1. The topological polar surface area (TPSA) is 53.8 Å². The van der Waals surface area contributed by atoms with Gasteiger partial charge in [-0.3, -0.25) is 0 Å². The summed E-state index contributed by atoms with van der Waals surface area (Å²) < 4.78 is 0. The van der Waals surface area contributed by atoms with Crippen molar-refractivity contribution in [2.24, 2.45) is 0 Å². The molecule has 0 unspecified atom stereocenters. The maximum Gasteiger partial charge on any atom is 1.00 e. The SMILES string of the molecule is N#Cc1ccccc1.[Na+].[OH-]. The number of hydrogen-bond donors (Lipinski definition) is 0. The van der Waals surface area contributed by atoms with Crippen molar-refractivity contribution < 1.29 is 35.0 Å². The van der Waals surface area contributed by atoms with E-state index in [9.17, 15) is 0 Å². The zero-order chi connectivity index (χ0) is 5.82. The van der Waals surface area contributed by atoms with Crippen molar-refractivity contribution in [2.75, 3.05) is 0 Å². The predicted octanol–water partition coefficient (Wildman–Crippen LogP) is -1.61. The first-order valence-corrected chi connectivity index (χ1v) is 2.38. The summed E-state index contributed by atoms with van der Waals surface area (Å²) in [4.78, 5) is 0. The molecule has 0 saturated carbocycles. The fourth-order valence-electron chi connectivity index (χ4n) is 0.513. The van der Waals surface area contributed by atoms with Gasteiger partial charge in [-0.2, -0.15) is 5.26 Å². The molecule has 0 aliphatic heterocycles. The first kappa shape index (κ1) is 12.4. The van der Waals surface area contributed by atoms with Gasteiger partial charge in [0, 0.05) is 0 Å². The average molecular weight is 143 g/mol. The maximum atomic E-state index is 8.29. The van der Waals surface area contributed by atoms with E-state index in [-0.39, 0.29) is 35.0 Å². The van der Waals surface area contributed by atoms with Crippen molar-refractivity contribution in [3.8, 4) is 6.07 Å². The Morgan fingerprint density at radius 1 is 1.10 bits per heavy atom. The maximum absolute atomic E-state index is 8.29. The second-order valence-electron chi connectivity index (χ2n) is 1.48. The minimum Gasteiger partial charge on any atom is -0.870 e. The first-order chi connectivity index (χ1) is 3.93. The van der Waals surface area contributed by atoms with Gasteiger partial charge in [0.2, 0.25) is 0 Å². The Labute approximate surface area is 82.1 Å². The summed E-state index contributed by atoms with van der Waals surface area (Å²) >= 11 is 0. The number of benzene rings is 1. The van der Waals surface area contributed by atoms with Gasteiger partial charge in [-0.25, -0.2) is 0 Å². The molecule has 2 nitrogen and oxygen atoms in total. The molecule has 0 aliphatic carbocycles. The zero-order valence-corrected chi connectivity index (χ0v) is 7.78. The van der Waals surface area contributed by atoms with Crippen LogP contribution < -0.4 is 29.6 Å². The van der Waals surface area contributed by atoms with Crippen LogP contribution in [-0.4, -0.2) is 5.48 Å². The van der Waals surface area contributed by atoms with Gasteiger partial charge < -0.3 is 5.48 Å². The summed E-state index contributed by atoms with van der Waals surface area (Å²) in [7, 11) is 0. The molecule has 46 valence electrons. The van der Waals surface area contributed by atoms with Crippen molar-refractivity contribution in [1.29, 1.82) is 5.26 Å². The van der Waals surface area contributed by atoms with Gasteiger partial charge in [-0.15, -0.1) is 0 Å². The normalized spacial score (nSPS) is 6.30. The molecule has 0 amide bonds. The van der Waals surface area contributed by atoms with Crippen molar-refractivity contribution >= 4 is 0 Å². The van der Waals surface area contributed by atoms with Crippen LogP contribution in [0.15, 0.2) is 30.3 Å². The number of hydrogen-bond acceptors (Lipinski definition) is 2.